The summed E-state index contributed by atoms with van der Waals surface area (Å²) in [4.78, 5) is 35.8. The highest BCUT2D eigenvalue weighted by molar-refractivity contribution is 5.98. The van der Waals surface area contributed by atoms with Gasteiger partial charge in [-0.1, -0.05) is 6.42 Å². The Labute approximate surface area is 147 Å². The van der Waals surface area contributed by atoms with Gasteiger partial charge in [-0.25, -0.2) is 4.79 Å². The van der Waals surface area contributed by atoms with E-state index in [0.29, 0.717) is 11.3 Å². The van der Waals surface area contributed by atoms with Gasteiger partial charge in [-0.15, -0.1) is 0 Å². The van der Waals surface area contributed by atoms with Crippen LogP contribution >= 0.6 is 0 Å². The van der Waals surface area contributed by atoms with E-state index in [-0.39, 0.29) is 24.5 Å². The third-order valence-corrected chi connectivity index (χ3v) is 4.03. The molecule has 1 aromatic carbocycles. The molecule has 1 aliphatic rings. The van der Waals surface area contributed by atoms with Gasteiger partial charge < -0.3 is 20.7 Å². The molecule has 1 aliphatic heterocycles. The highest BCUT2D eigenvalue weighted by Crippen LogP contribution is 2.13. The Balaban J connectivity index is 1.89. The molecule has 2 rings (SSSR count). The summed E-state index contributed by atoms with van der Waals surface area (Å²) >= 11 is 0. The maximum absolute atomic E-state index is 12.2. The summed E-state index contributed by atoms with van der Waals surface area (Å²) in [6, 6.07) is 5.68. The van der Waals surface area contributed by atoms with Crippen molar-refractivity contribution >= 4 is 23.5 Å². The lowest BCUT2D eigenvalue weighted by Crippen LogP contribution is -2.43. The van der Waals surface area contributed by atoms with Crippen LogP contribution in [0.1, 0.15) is 43.5 Å². The number of ether oxygens (including phenoxy) is 1. The standard InChI is InChI=1S/C18H25N3O4/c1-3-25-18(24)12(2)20-16(22)13-7-9-14(10-8-13)21-17(23)15-6-4-5-11-19-15/h7-10,12,15,19H,3-6,11H2,1-2H3,(H,20,22)(H,21,23). The summed E-state index contributed by atoms with van der Waals surface area (Å²) in [5.41, 5.74) is 1.04. The summed E-state index contributed by atoms with van der Waals surface area (Å²) in [6.07, 6.45) is 2.97. The third kappa shape index (κ3) is 5.56. The molecule has 1 fully saturated rings. The Bertz CT molecular complexity index is 609. The molecule has 2 atom stereocenters. The number of piperidine rings is 1. The van der Waals surface area contributed by atoms with Gasteiger partial charge in [-0.05, 0) is 57.5 Å². The molecule has 0 radical (unpaired) electrons. The number of carbonyl (C=O) groups is 3. The molecule has 7 nitrogen and oxygen atoms in total. The monoisotopic (exact) mass is 347 g/mol. The number of amides is 2. The van der Waals surface area contributed by atoms with Crippen molar-refractivity contribution in [1.29, 1.82) is 0 Å². The molecule has 0 aliphatic carbocycles. The average molecular weight is 347 g/mol. The van der Waals surface area contributed by atoms with E-state index in [9.17, 15) is 14.4 Å². The highest BCUT2D eigenvalue weighted by Gasteiger charge is 2.21. The first kappa shape index (κ1) is 18.9. The predicted molar refractivity (Wildman–Crippen MR) is 94.3 cm³/mol. The van der Waals surface area contributed by atoms with Gasteiger partial charge in [0, 0.05) is 11.3 Å². The Morgan fingerprint density at radius 1 is 1.24 bits per heavy atom. The quantitative estimate of drug-likeness (QED) is 0.677. The average Bonchev–Trinajstić information content (AvgIpc) is 2.63. The molecule has 0 aromatic heterocycles. The Morgan fingerprint density at radius 2 is 1.96 bits per heavy atom. The van der Waals surface area contributed by atoms with Crippen molar-refractivity contribution in [3.63, 3.8) is 0 Å². The van der Waals surface area contributed by atoms with Crippen LogP contribution in [0.5, 0.6) is 0 Å². The van der Waals surface area contributed by atoms with E-state index < -0.39 is 12.0 Å². The summed E-state index contributed by atoms with van der Waals surface area (Å²) in [5.74, 6) is -0.903. The maximum Gasteiger partial charge on any atom is 0.328 e. The molecular weight excluding hydrogens is 322 g/mol. The number of benzene rings is 1. The van der Waals surface area contributed by atoms with Crippen LogP contribution in [0.2, 0.25) is 0 Å². The third-order valence-electron chi connectivity index (χ3n) is 4.03. The maximum atomic E-state index is 12.2. The van der Waals surface area contributed by atoms with Gasteiger partial charge in [0.25, 0.3) is 5.91 Å². The van der Waals surface area contributed by atoms with Crippen LogP contribution in [0.15, 0.2) is 24.3 Å². The van der Waals surface area contributed by atoms with Crippen molar-refractivity contribution in [3.05, 3.63) is 29.8 Å². The van der Waals surface area contributed by atoms with E-state index in [1.54, 1.807) is 38.1 Å². The summed E-state index contributed by atoms with van der Waals surface area (Å²) in [7, 11) is 0. The van der Waals surface area contributed by atoms with Gasteiger partial charge in [-0.3, -0.25) is 9.59 Å². The largest absolute Gasteiger partial charge is 0.464 e. The van der Waals surface area contributed by atoms with E-state index >= 15 is 0 Å². The SMILES string of the molecule is CCOC(=O)C(C)NC(=O)c1ccc(NC(=O)C2CCCCN2)cc1. The molecule has 2 unspecified atom stereocenters. The van der Waals surface area contributed by atoms with E-state index in [4.69, 9.17) is 4.74 Å². The molecular formula is C18H25N3O4. The summed E-state index contributed by atoms with van der Waals surface area (Å²) in [5, 5.41) is 8.62. The Kier molecular flexibility index (Phi) is 6.94. The number of hydrogen-bond donors (Lipinski definition) is 3. The minimum Gasteiger partial charge on any atom is -0.464 e. The number of anilines is 1. The normalized spacial score (nSPS) is 18.1. The summed E-state index contributed by atoms with van der Waals surface area (Å²) in [6.45, 7) is 4.41. The van der Waals surface area contributed by atoms with Crippen molar-refractivity contribution in [1.82, 2.24) is 10.6 Å². The molecule has 136 valence electrons. The van der Waals surface area contributed by atoms with Gasteiger partial charge in [0.15, 0.2) is 0 Å². The van der Waals surface area contributed by atoms with E-state index in [1.165, 1.54) is 0 Å². The Morgan fingerprint density at radius 3 is 2.56 bits per heavy atom. The Hall–Kier alpha value is -2.41. The van der Waals surface area contributed by atoms with Crippen LogP contribution in [0.3, 0.4) is 0 Å². The second-order valence-electron chi connectivity index (χ2n) is 6.02. The lowest BCUT2D eigenvalue weighted by atomic mass is 10.0. The molecule has 1 heterocycles. The molecule has 2 amide bonds. The van der Waals surface area contributed by atoms with Gasteiger partial charge in [0.2, 0.25) is 5.91 Å². The second kappa shape index (κ2) is 9.17. The number of rotatable bonds is 6. The van der Waals surface area contributed by atoms with Gasteiger partial charge in [0.1, 0.15) is 6.04 Å². The van der Waals surface area contributed by atoms with E-state index in [0.717, 1.165) is 25.8 Å². The molecule has 25 heavy (non-hydrogen) atoms. The fourth-order valence-corrected chi connectivity index (χ4v) is 2.62. The van der Waals surface area contributed by atoms with Crippen LogP contribution in [0.4, 0.5) is 5.69 Å². The lowest BCUT2D eigenvalue weighted by molar-refractivity contribution is -0.144. The fourth-order valence-electron chi connectivity index (χ4n) is 2.62. The molecule has 1 aromatic rings. The first-order valence-corrected chi connectivity index (χ1v) is 8.63. The second-order valence-corrected chi connectivity index (χ2v) is 6.02. The minimum atomic E-state index is -0.718. The predicted octanol–water partition coefficient (Wildman–Crippen LogP) is 1.45. The zero-order valence-electron chi connectivity index (χ0n) is 14.6. The smallest absolute Gasteiger partial charge is 0.328 e. The van der Waals surface area contributed by atoms with E-state index in [1.807, 2.05) is 0 Å². The van der Waals surface area contributed by atoms with Crippen LogP contribution in [-0.4, -0.2) is 43.0 Å². The first-order chi connectivity index (χ1) is 12.0. The van der Waals surface area contributed by atoms with Crippen LogP contribution < -0.4 is 16.0 Å². The lowest BCUT2D eigenvalue weighted by Gasteiger charge is -2.22. The molecule has 0 bridgehead atoms. The van der Waals surface area contributed by atoms with Crippen molar-refractivity contribution < 1.29 is 19.1 Å². The molecule has 1 saturated heterocycles. The number of hydrogen-bond acceptors (Lipinski definition) is 5. The van der Waals surface area contributed by atoms with Gasteiger partial charge >= 0.3 is 5.97 Å². The topological polar surface area (TPSA) is 96.5 Å². The van der Waals surface area contributed by atoms with Crippen LogP contribution in [0.25, 0.3) is 0 Å². The number of esters is 1. The molecule has 0 saturated carbocycles. The van der Waals surface area contributed by atoms with Gasteiger partial charge in [-0.2, -0.15) is 0 Å². The van der Waals surface area contributed by atoms with Crippen molar-refractivity contribution in [2.45, 2.75) is 45.2 Å². The van der Waals surface area contributed by atoms with Crippen molar-refractivity contribution in [3.8, 4) is 0 Å². The number of nitrogens with one attached hydrogen (secondary N) is 3. The molecule has 3 N–H and O–H groups in total. The highest BCUT2D eigenvalue weighted by atomic mass is 16.5. The molecule has 0 spiro atoms. The molecule has 7 heteroatoms. The van der Waals surface area contributed by atoms with Crippen molar-refractivity contribution in [2.75, 3.05) is 18.5 Å². The summed E-state index contributed by atoms with van der Waals surface area (Å²) < 4.78 is 4.85. The fraction of sp³-hybridized carbons (Fsp3) is 0.500. The van der Waals surface area contributed by atoms with Crippen LogP contribution in [-0.2, 0) is 14.3 Å². The van der Waals surface area contributed by atoms with Crippen molar-refractivity contribution in [2.24, 2.45) is 0 Å². The first-order valence-electron chi connectivity index (χ1n) is 8.63. The number of carbonyl (C=O) groups excluding carboxylic acids is 3. The minimum absolute atomic E-state index is 0.0622. The van der Waals surface area contributed by atoms with Crippen LogP contribution in [0, 0.1) is 0 Å². The van der Waals surface area contributed by atoms with Gasteiger partial charge in [0.05, 0.1) is 12.6 Å². The zero-order chi connectivity index (χ0) is 18.2. The van der Waals surface area contributed by atoms with E-state index in [2.05, 4.69) is 16.0 Å². The zero-order valence-corrected chi connectivity index (χ0v) is 14.6.